The number of sulfonamides is 1. The van der Waals surface area contributed by atoms with Crippen LogP contribution in [0, 0.1) is 0 Å². The number of amides is 1. The Morgan fingerprint density at radius 1 is 0.868 bits per heavy atom. The molecule has 10 heteroatoms. The number of likely N-dealkylation sites (tertiary alicyclic amines) is 2. The van der Waals surface area contributed by atoms with Gasteiger partial charge >= 0.3 is 6.09 Å². The molecule has 0 bridgehead atoms. The molecule has 0 aliphatic carbocycles. The van der Waals surface area contributed by atoms with Crippen LogP contribution in [0.3, 0.4) is 0 Å². The molecule has 0 N–H and O–H groups in total. The summed E-state index contributed by atoms with van der Waals surface area (Å²) < 4.78 is 34.9. The van der Waals surface area contributed by atoms with Crippen LogP contribution in [0.15, 0.2) is 59.5 Å². The van der Waals surface area contributed by atoms with E-state index in [0.29, 0.717) is 37.0 Å². The number of rotatable bonds is 6. The topological polar surface area (TPSA) is 70.2 Å². The van der Waals surface area contributed by atoms with Gasteiger partial charge in [0.05, 0.1) is 17.0 Å². The van der Waals surface area contributed by atoms with Crippen molar-refractivity contribution in [1.82, 2.24) is 14.1 Å². The van der Waals surface area contributed by atoms with Gasteiger partial charge < -0.3 is 14.5 Å². The standard InChI is InChI=1S/C28H36ClN3O4S.H2S/c29-23-9-12-26(13-10-23)37(34,35)32-25(11-14-27(32)22-7-3-1-4-8-22)21-36-28(33)31-19-15-24(16-20-31)30-17-5-2-6-18-30;/h1,3-4,7-10,12-13,24-25,27H,2,5-6,11,14-21H2;1H2/t25-,27+;/m0./s1. The summed E-state index contributed by atoms with van der Waals surface area (Å²) in [5, 5.41) is 0.481. The van der Waals surface area contributed by atoms with Gasteiger partial charge in [0.1, 0.15) is 6.61 Å². The Morgan fingerprint density at radius 3 is 2.18 bits per heavy atom. The molecule has 3 aliphatic heterocycles. The first kappa shape index (κ1) is 29.2. The molecule has 2 aromatic carbocycles. The number of hydrogen-bond acceptors (Lipinski definition) is 5. The molecule has 3 saturated heterocycles. The Balaban J connectivity index is 0.00000336. The van der Waals surface area contributed by atoms with E-state index in [0.717, 1.165) is 31.5 Å². The van der Waals surface area contributed by atoms with E-state index in [1.807, 2.05) is 30.3 Å². The number of piperidine rings is 2. The molecule has 2 atom stereocenters. The Hall–Kier alpha value is -1.78. The lowest BCUT2D eigenvalue weighted by atomic mass is 10.0. The van der Waals surface area contributed by atoms with Crippen LogP contribution in [0.4, 0.5) is 4.79 Å². The maximum atomic E-state index is 13.8. The summed E-state index contributed by atoms with van der Waals surface area (Å²) in [6.45, 7) is 3.74. The molecule has 3 heterocycles. The highest BCUT2D eigenvalue weighted by Crippen LogP contribution is 2.40. The first-order chi connectivity index (χ1) is 17.9. The summed E-state index contributed by atoms with van der Waals surface area (Å²) in [6, 6.07) is 15.7. The second-order valence-corrected chi connectivity index (χ2v) is 12.6. The molecule has 3 fully saturated rings. The molecule has 1 amide bonds. The number of nitrogens with zero attached hydrogens (tertiary/aromatic N) is 3. The predicted octanol–water partition coefficient (Wildman–Crippen LogP) is 5.43. The van der Waals surface area contributed by atoms with Crippen molar-refractivity contribution in [2.75, 3.05) is 32.8 Å². The van der Waals surface area contributed by atoms with E-state index < -0.39 is 16.1 Å². The molecule has 5 rings (SSSR count). The fourth-order valence-electron chi connectivity index (χ4n) is 6.05. The molecular formula is C28H38ClN3O4S2. The highest BCUT2D eigenvalue weighted by atomic mass is 35.5. The number of carbonyl (C=O) groups excluding carboxylic acids is 1. The monoisotopic (exact) mass is 579 g/mol. The van der Waals surface area contributed by atoms with Crippen molar-refractivity contribution >= 4 is 41.2 Å². The van der Waals surface area contributed by atoms with Gasteiger partial charge in [0, 0.05) is 24.2 Å². The second kappa shape index (κ2) is 13.0. The summed E-state index contributed by atoms with van der Waals surface area (Å²) >= 11 is 6.01. The van der Waals surface area contributed by atoms with E-state index in [2.05, 4.69) is 4.90 Å². The van der Waals surface area contributed by atoms with Gasteiger partial charge in [-0.2, -0.15) is 17.8 Å². The zero-order valence-electron chi connectivity index (χ0n) is 21.7. The lowest BCUT2D eigenvalue weighted by molar-refractivity contribution is 0.0575. The van der Waals surface area contributed by atoms with Crippen molar-refractivity contribution < 1.29 is 17.9 Å². The van der Waals surface area contributed by atoms with Gasteiger partial charge in [0.2, 0.25) is 10.0 Å². The van der Waals surface area contributed by atoms with Crippen LogP contribution in [0.1, 0.15) is 56.6 Å². The summed E-state index contributed by atoms with van der Waals surface area (Å²) in [7, 11) is -3.83. The summed E-state index contributed by atoms with van der Waals surface area (Å²) in [5.41, 5.74) is 0.939. The Bertz CT molecular complexity index is 1150. The van der Waals surface area contributed by atoms with Crippen molar-refractivity contribution in [3.05, 3.63) is 65.2 Å². The van der Waals surface area contributed by atoms with Crippen molar-refractivity contribution in [3.8, 4) is 0 Å². The van der Waals surface area contributed by atoms with Crippen LogP contribution in [-0.2, 0) is 14.8 Å². The van der Waals surface area contributed by atoms with Crippen LogP contribution < -0.4 is 0 Å². The molecule has 0 saturated carbocycles. The van der Waals surface area contributed by atoms with Gasteiger partial charge in [0.15, 0.2) is 0 Å². The van der Waals surface area contributed by atoms with Gasteiger partial charge in [-0.3, -0.25) is 0 Å². The van der Waals surface area contributed by atoms with Crippen LogP contribution in [0.5, 0.6) is 0 Å². The van der Waals surface area contributed by atoms with E-state index in [1.54, 1.807) is 21.3 Å². The molecule has 3 aliphatic rings. The highest BCUT2D eigenvalue weighted by molar-refractivity contribution is 7.89. The SMILES string of the molecule is O=C(OC[C@@H]1CC[C@H](c2ccccc2)N1S(=O)(=O)c1ccc(Cl)cc1)N1CCC(N2CCCCC2)CC1.S. The second-order valence-electron chi connectivity index (χ2n) is 10.3. The Kier molecular flexibility index (Phi) is 10.0. The predicted molar refractivity (Wildman–Crippen MR) is 154 cm³/mol. The molecule has 38 heavy (non-hydrogen) atoms. The average Bonchev–Trinajstić information content (AvgIpc) is 3.38. The van der Waals surface area contributed by atoms with Gasteiger partial charge in [-0.05, 0) is 81.4 Å². The first-order valence-electron chi connectivity index (χ1n) is 13.4. The molecular weight excluding hydrogens is 542 g/mol. The number of ether oxygens (including phenoxy) is 1. The minimum Gasteiger partial charge on any atom is -0.448 e. The lowest BCUT2D eigenvalue weighted by Crippen LogP contribution is -2.48. The average molecular weight is 580 g/mol. The van der Waals surface area contributed by atoms with Gasteiger partial charge in [-0.15, -0.1) is 0 Å². The van der Waals surface area contributed by atoms with Crippen LogP contribution >= 0.6 is 25.1 Å². The van der Waals surface area contributed by atoms with Crippen molar-refractivity contribution in [2.45, 2.75) is 68.0 Å². The van der Waals surface area contributed by atoms with E-state index >= 15 is 0 Å². The van der Waals surface area contributed by atoms with Crippen molar-refractivity contribution in [1.29, 1.82) is 0 Å². The largest absolute Gasteiger partial charge is 0.448 e. The smallest absolute Gasteiger partial charge is 0.409 e. The third-order valence-corrected chi connectivity index (χ3v) is 10.3. The van der Waals surface area contributed by atoms with Crippen LogP contribution in [-0.4, -0.2) is 73.5 Å². The van der Waals surface area contributed by atoms with Gasteiger partial charge in [0.25, 0.3) is 0 Å². The molecule has 7 nitrogen and oxygen atoms in total. The minimum absolute atomic E-state index is 0. The maximum Gasteiger partial charge on any atom is 0.409 e. The van der Waals surface area contributed by atoms with Crippen LogP contribution in [0.25, 0.3) is 0 Å². The fraction of sp³-hybridized carbons (Fsp3) is 0.536. The lowest BCUT2D eigenvalue weighted by Gasteiger charge is -2.40. The third-order valence-electron chi connectivity index (χ3n) is 8.04. The molecule has 208 valence electrons. The first-order valence-corrected chi connectivity index (χ1v) is 15.2. The van der Waals surface area contributed by atoms with E-state index in [1.165, 1.54) is 31.4 Å². The van der Waals surface area contributed by atoms with Gasteiger partial charge in [-0.1, -0.05) is 48.4 Å². The van der Waals surface area contributed by atoms with E-state index in [-0.39, 0.29) is 37.1 Å². The number of benzene rings is 2. The van der Waals surface area contributed by atoms with E-state index in [4.69, 9.17) is 16.3 Å². The zero-order valence-corrected chi connectivity index (χ0v) is 24.2. The summed E-state index contributed by atoms with van der Waals surface area (Å²) in [6.07, 6.45) is 6.73. The van der Waals surface area contributed by atoms with Gasteiger partial charge in [-0.25, -0.2) is 13.2 Å². The molecule has 0 aromatic heterocycles. The van der Waals surface area contributed by atoms with E-state index in [9.17, 15) is 13.2 Å². The van der Waals surface area contributed by atoms with Crippen molar-refractivity contribution in [2.24, 2.45) is 0 Å². The number of halogens is 1. The summed E-state index contributed by atoms with van der Waals surface area (Å²) in [5.74, 6) is 0. The minimum atomic E-state index is -3.83. The molecule has 0 unspecified atom stereocenters. The maximum absolute atomic E-state index is 13.8. The van der Waals surface area contributed by atoms with Crippen molar-refractivity contribution in [3.63, 3.8) is 0 Å². The summed E-state index contributed by atoms with van der Waals surface area (Å²) in [4.78, 5) is 17.5. The molecule has 2 aromatic rings. The Labute approximate surface area is 238 Å². The normalized spacial score (nSPS) is 23.7. The quantitative estimate of drug-likeness (QED) is 0.456. The third kappa shape index (κ3) is 6.50. The Morgan fingerprint density at radius 2 is 1.53 bits per heavy atom. The zero-order chi connectivity index (χ0) is 25.8. The number of carbonyl (C=O) groups is 1. The van der Waals surface area contributed by atoms with Crippen LogP contribution in [0.2, 0.25) is 5.02 Å². The highest BCUT2D eigenvalue weighted by Gasteiger charge is 2.43. The molecule has 0 spiro atoms. The molecule has 0 radical (unpaired) electrons. The number of hydrogen-bond donors (Lipinski definition) is 0. The fourth-order valence-corrected chi connectivity index (χ4v) is 8.02.